The van der Waals surface area contributed by atoms with E-state index in [4.69, 9.17) is 5.11 Å². The van der Waals surface area contributed by atoms with Crippen molar-refractivity contribution in [1.82, 2.24) is 5.32 Å². The first-order valence-corrected chi connectivity index (χ1v) is 6.68. The van der Waals surface area contributed by atoms with Crippen molar-refractivity contribution < 1.29 is 9.90 Å². The predicted molar refractivity (Wildman–Crippen MR) is 79.1 cm³/mol. The minimum absolute atomic E-state index is 0.00215. The van der Waals surface area contributed by atoms with Crippen molar-refractivity contribution in [3.05, 3.63) is 70.8 Å². The Balaban J connectivity index is 1.84. The molecule has 3 nitrogen and oxygen atoms in total. The van der Waals surface area contributed by atoms with E-state index in [-0.39, 0.29) is 12.5 Å². The van der Waals surface area contributed by atoms with Gasteiger partial charge in [0.25, 0.3) is 0 Å². The Bertz CT molecular complexity index is 559. The Morgan fingerprint density at radius 2 is 1.50 bits per heavy atom. The van der Waals surface area contributed by atoms with Crippen LogP contribution in [0, 0.1) is 6.92 Å². The van der Waals surface area contributed by atoms with Crippen LogP contribution in [0.2, 0.25) is 0 Å². The van der Waals surface area contributed by atoms with Gasteiger partial charge in [-0.3, -0.25) is 4.79 Å². The molecular weight excluding hydrogens is 250 g/mol. The maximum Gasteiger partial charge on any atom is 0.224 e. The van der Waals surface area contributed by atoms with Crippen LogP contribution >= 0.6 is 0 Å². The third-order valence-electron chi connectivity index (χ3n) is 3.18. The third-order valence-corrected chi connectivity index (χ3v) is 3.18. The highest BCUT2D eigenvalue weighted by Crippen LogP contribution is 2.06. The molecule has 0 fully saturated rings. The van der Waals surface area contributed by atoms with E-state index in [0.717, 1.165) is 16.7 Å². The number of rotatable bonds is 5. The Morgan fingerprint density at radius 1 is 0.950 bits per heavy atom. The first-order valence-electron chi connectivity index (χ1n) is 6.68. The van der Waals surface area contributed by atoms with Crippen LogP contribution in [0.4, 0.5) is 0 Å². The van der Waals surface area contributed by atoms with Crippen LogP contribution in [0.1, 0.15) is 22.3 Å². The van der Waals surface area contributed by atoms with Crippen molar-refractivity contribution in [2.75, 3.05) is 0 Å². The fourth-order valence-corrected chi connectivity index (χ4v) is 1.92. The van der Waals surface area contributed by atoms with Crippen LogP contribution in [0.25, 0.3) is 0 Å². The number of hydrogen-bond donors (Lipinski definition) is 2. The molecule has 0 aliphatic heterocycles. The topological polar surface area (TPSA) is 49.3 Å². The van der Waals surface area contributed by atoms with Gasteiger partial charge in [-0.1, -0.05) is 54.1 Å². The molecule has 0 aliphatic carbocycles. The van der Waals surface area contributed by atoms with Gasteiger partial charge in [-0.25, -0.2) is 0 Å². The van der Waals surface area contributed by atoms with Gasteiger partial charge in [0.15, 0.2) is 0 Å². The van der Waals surface area contributed by atoms with Crippen molar-refractivity contribution in [3.8, 4) is 0 Å². The van der Waals surface area contributed by atoms with Gasteiger partial charge in [0, 0.05) is 6.54 Å². The number of carbonyl (C=O) groups excluding carboxylic acids is 1. The molecular formula is C17H19NO2. The summed E-state index contributed by atoms with van der Waals surface area (Å²) in [7, 11) is 0. The van der Waals surface area contributed by atoms with E-state index in [1.54, 1.807) is 0 Å². The normalized spacial score (nSPS) is 10.3. The van der Waals surface area contributed by atoms with E-state index >= 15 is 0 Å². The Hall–Kier alpha value is -2.13. The summed E-state index contributed by atoms with van der Waals surface area (Å²) in [5, 5.41) is 11.9. The standard InChI is InChI=1S/C17H19NO2/c1-13-2-4-15(5-3-13)11-18-17(20)10-14-6-8-16(12-19)9-7-14/h2-9,19H,10-12H2,1H3,(H,18,20). The molecule has 0 unspecified atom stereocenters. The zero-order chi connectivity index (χ0) is 14.4. The average Bonchev–Trinajstić information content (AvgIpc) is 2.47. The molecule has 104 valence electrons. The second kappa shape index (κ2) is 6.87. The summed E-state index contributed by atoms with van der Waals surface area (Å²) < 4.78 is 0. The molecule has 0 aliphatic rings. The summed E-state index contributed by atoms with van der Waals surface area (Å²) in [5.74, 6) is 0.00215. The number of aryl methyl sites for hydroxylation is 1. The highest BCUT2D eigenvalue weighted by Gasteiger charge is 2.03. The maximum atomic E-state index is 11.8. The molecule has 0 aromatic heterocycles. The molecule has 0 saturated carbocycles. The predicted octanol–water partition coefficient (Wildman–Crippen LogP) is 2.35. The van der Waals surface area contributed by atoms with Crippen molar-refractivity contribution in [3.63, 3.8) is 0 Å². The molecule has 2 aromatic carbocycles. The van der Waals surface area contributed by atoms with Crippen LogP contribution in [0.5, 0.6) is 0 Å². The second-order valence-corrected chi connectivity index (χ2v) is 4.91. The molecule has 20 heavy (non-hydrogen) atoms. The second-order valence-electron chi connectivity index (χ2n) is 4.91. The van der Waals surface area contributed by atoms with Gasteiger partial charge in [0.2, 0.25) is 5.91 Å². The molecule has 0 atom stereocenters. The van der Waals surface area contributed by atoms with Crippen LogP contribution in [0.3, 0.4) is 0 Å². The first-order chi connectivity index (χ1) is 9.67. The van der Waals surface area contributed by atoms with Crippen molar-refractivity contribution in [2.24, 2.45) is 0 Å². The monoisotopic (exact) mass is 269 g/mol. The van der Waals surface area contributed by atoms with Gasteiger partial charge in [0.1, 0.15) is 0 Å². The smallest absolute Gasteiger partial charge is 0.224 e. The van der Waals surface area contributed by atoms with E-state index in [9.17, 15) is 4.79 Å². The molecule has 0 spiro atoms. The van der Waals surface area contributed by atoms with Gasteiger partial charge in [-0.05, 0) is 23.6 Å². The third kappa shape index (κ3) is 4.21. The summed E-state index contributed by atoms with van der Waals surface area (Å²) in [6.45, 7) is 2.62. The summed E-state index contributed by atoms with van der Waals surface area (Å²) in [6.07, 6.45) is 0.359. The zero-order valence-corrected chi connectivity index (χ0v) is 11.6. The molecule has 2 aromatic rings. The SMILES string of the molecule is Cc1ccc(CNC(=O)Cc2ccc(CO)cc2)cc1. The number of hydrogen-bond acceptors (Lipinski definition) is 2. The molecule has 0 bridgehead atoms. The van der Waals surface area contributed by atoms with Gasteiger partial charge < -0.3 is 10.4 Å². The number of carbonyl (C=O) groups is 1. The quantitative estimate of drug-likeness (QED) is 0.875. The minimum Gasteiger partial charge on any atom is -0.392 e. The molecule has 0 radical (unpaired) electrons. The van der Waals surface area contributed by atoms with Crippen molar-refractivity contribution in [1.29, 1.82) is 0 Å². The minimum atomic E-state index is 0.00215. The highest BCUT2D eigenvalue weighted by molar-refractivity contribution is 5.78. The number of nitrogens with one attached hydrogen (secondary N) is 1. The fraction of sp³-hybridized carbons (Fsp3) is 0.235. The molecule has 2 rings (SSSR count). The van der Waals surface area contributed by atoms with E-state index < -0.39 is 0 Å². The lowest BCUT2D eigenvalue weighted by molar-refractivity contribution is -0.120. The summed E-state index contributed by atoms with van der Waals surface area (Å²) in [5.41, 5.74) is 4.11. The van der Waals surface area contributed by atoms with Gasteiger partial charge in [-0.15, -0.1) is 0 Å². The highest BCUT2D eigenvalue weighted by atomic mass is 16.3. The summed E-state index contributed by atoms with van der Waals surface area (Å²) in [4.78, 5) is 11.8. The van der Waals surface area contributed by atoms with Crippen molar-refractivity contribution in [2.45, 2.75) is 26.5 Å². The van der Waals surface area contributed by atoms with Crippen LogP contribution < -0.4 is 5.32 Å². The molecule has 3 heteroatoms. The molecule has 1 amide bonds. The Labute approximate surface area is 119 Å². The zero-order valence-electron chi connectivity index (χ0n) is 11.6. The fourth-order valence-electron chi connectivity index (χ4n) is 1.92. The lowest BCUT2D eigenvalue weighted by Gasteiger charge is -2.06. The van der Waals surface area contributed by atoms with Gasteiger partial charge in [0.05, 0.1) is 13.0 Å². The van der Waals surface area contributed by atoms with Gasteiger partial charge in [-0.2, -0.15) is 0 Å². The van der Waals surface area contributed by atoms with Crippen LogP contribution in [-0.2, 0) is 24.4 Å². The number of amides is 1. The lowest BCUT2D eigenvalue weighted by Crippen LogP contribution is -2.24. The number of aliphatic hydroxyl groups excluding tert-OH is 1. The molecule has 0 saturated heterocycles. The van der Waals surface area contributed by atoms with Crippen LogP contribution in [-0.4, -0.2) is 11.0 Å². The van der Waals surface area contributed by atoms with E-state index in [0.29, 0.717) is 13.0 Å². The van der Waals surface area contributed by atoms with E-state index in [1.807, 2.05) is 55.5 Å². The van der Waals surface area contributed by atoms with E-state index in [1.165, 1.54) is 5.56 Å². The number of aliphatic hydroxyl groups is 1. The molecule has 0 heterocycles. The first kappa shape index (κ1) is 14.3. The lowest BCUT2D eigenvalue weighted by atomic mass is 10.1. The number of benzene rings is 2. The van der Waals surface area contributed by atoms with Crippen molar-refractivity contribution >= 4 is 5.91 Å². The van der Waals surface area contributed by atoms with E-state index in [2.05, 4.69) is 5.32 Å². The Kier molecular flexibility index (Phi) is 4.91. The average molecular weight is 269 g/mol. The molecule has 2 N–H and O–H groups in total. The summed E-state index contributed by atoms with van der Waals surface area (Å²) in [6, 6.07) is 15.5. The largest absolute Gasteiger partial charge is 0.392 e. The van der Waals surface area contributed by atoms with Gasteiger partial charge >= 0.3 is 0 Å². The summed E-state index contributed by atoms with van der Waals surface area (Å²) >= 11 is 0. The maximum absolute atomic E-state index is 11.8. The van der Waals surface area contributed by atoms with Crippen LogP contribution in [0.15, 0.2) is 48.5 Å². The Morgan fingerprint density at radius 3 is 2.10 bits per heavy atom.